The number of benzene rings is 1. The molecule has 1 aliphatic heterocycles. The molecular weight excluding hydrogens is 278 g/mol. The van der Waals surface area contributed by atoms with Crippen molar-refractivity contribution >= 4 is 15.9 Å². The lowest BCUT2D eigenvalue weighted by molar-refractivity contribution is 0.0156. The summed E-state index contributed by atoms with van der Waals surface area (Å²) >= 11 is 3.51. The highest BCUT2D eigenvalue weighted by molar-refractivity contribution is 9.10. The van der Waals surface area contributed by atoms with Crippen LogP contribution in [-0.4, -0.2) is 19.3 Å². The van der Waals surface area contributed by atoms with Gasteiger partial charge in [0.15, 0.2) is 0 Å². The third-order valence-electron chi connectivity index (χ3n) is 3.27. The zero-order chi connectivity index (χ0) is 12.1. The summed E-state index contributed by atoms with van der Waals surface area (Å²) in [5, 5.41) is 3.55. The first kappa shape index (κ1) is 13.1. The van der Waals surface area contributed by atoms with Crippen molar-refractivity contribution in [3.05, 3.63) is 34.3 Å². The zero-order valence-electron chi connectivity index (χ0n) is 10.3. The smallest absolute Gasteiger partial charge is 0.0699 e. The molecule has 2 atom stereocenters. The first-order valence-electron chi connectivity index (χ1n) is 6.36. The zero-order valence-corrected chi connectivity index (χ0v) is 11.9. The van der Waals surface area contributed by atoms with Crippen LogP contribution in [0.1, 0.15) is 37.8 Å². The van der Waals surface area contributed by atoms with Crippen LogP contribution in [0.5, 0.6) is 0 Å². The highest BCUT2D eigenvalue weighted by atomic mass is 79.9. The van der Waals surface area contributed by atoms with Crippen LogP contribution in [0.2, 0.25) is 0 Å². The molecule has 0 aromatic heterocycles. The number of rotatable bonds is 4. The average Bonchev–Trinajstić information content (AvgIpc) is 2.37. The minimum absolute atomic E-state index is 0.373. The van der Waals surface area contributed by atoms with Crippen molar-refractivity contribution in [2.75, 3.05) is 13.2 Å². The molecule has 0 saturated carbocycles. The van der Waals surface area contributed by atoms with E-state index in [1.165, 1.54) is 24.8 Å². The van der Waals surface area contributed by atoms with Crippen molar-refractivity contribution in [3.63, 3.8) is 0 Å². The summed E-state index contributed by atoms with van der Waals surface area (Å²) in [5.74, 6) is 0. The molecule has 1 unspecified atom stereocenters. The Morgan fingerprint density at radius 3 is 3.06 bits per heavy atom. The fraction of sp³-hybridized carbons (Fsp3) is 0.571. The molecule has 94 valence electrons. The average molecular weight is 298 g/mol. The summed E-state index contributed by atoms with van der Waals surface area (Å²) in [5.41, 5.74) is 1.31. The van der Waals surface area contributed by atoms with Gasteiger partial charge >= 0.3 is 0 Å². The SMILES string of the molecule is C[C@@H](NCC1CCCCO1)c1cccc(Br)c1. The quantitative estimate of drug-likeness (QED) is 0.916. The normalized spacial score (nSPS) is 22.4. The van der Waals surface area contributed by atoms with Gasteiger partial charge < -0.3 is 10.1 Å². The lowest BCUT2D eigenvalue weighted by atomic mass is 10.1. The summed E-state index contributed by atoms with van der Waals surface area (Å²) < 4.78 is 6.85. The van der Waals surface area contributed by atoms with E-state index < -0.39 is 0 Å². The summed E-state index contributed by atoms with van der Waals surface area (Å²) in [6.07, 6.45) is 4.12. The van der Waals surface area contributed by atoms with Gasteiger partial charge in [-0.3, -0.25) is 0 Å². The fourth-order valence-corrected chi connectivity index (χ4v) is 2.59. The molecule has 1 saturated heterocycles. The molecule has 2 rings (SSSR count). The van der Waals surface area contributed by atoms with Crippen molar-refractivity contribution in [1.29, 1.82) is 0 Å². The van der Waals surface area contributed by atoms with Gasteiger partial charge in [-0.25, -0.2) is 0 Å². The minimum Gasteiger partial charge on any atom is -0.377 e. The van der Waals surface area contributed by atoms with Gasteiger partial charge in [-0.2, -0.15) is 0 Å². The van der Waals surface area contributed by atoms with E-state index in [2.05, 4.69) is 52.4 Å². The van der Waals surface area contributed by atoms with Crippen molar-refractivity contribution in [2.45, 2.75) is 38.3 Å². The molecule has 0 amide bonds. The predicted octanol–water partition coefficient (Wildman–Crippen LogP) is 3.67. The van der Waals surface area contributed by atoms with Gasteiger partial charge in [0.05, 0.1) is 6.10 Å². The van der Waals surface area contributed by atoms with E-state index in [1.807, 2.05) is 0 Å². The van der Waals surface area contributed by atoms with Gasteiger partial charge in [0.25, 0.3) is 0 Å². The molecule has 0 aliphatic carbocycles. The highest BCUT2D eigenvalue weighted by Crippen LogP contribution is 2.18. The van der Waals surface area contributed by atoms with Crippen LogP contribution in [0.15, 0.2) is 28.7 Å². The highest BCUT2D eigenvalue weighted by Gasteiger charge is 2.14. The van der Waals surface area contributed by atoms with Gasteiger partial charge in [0.1, 0.15) is 0 Å². The third-order valence-corrected chi connectivity index (χ3v) is 3.77. The lowest BCUT2D eigenvalue weighted by Gasteiger charge is -2.25. The van der Waals surface area contributed by atoms with E-state index >= 15 is 0 Å². The summed E-state index contributed by atoms with van der Waals surface area (Å²) in [4.78, 5) is 0. The van der Waals surface area contributed by atoms with Crippen molar-refractivity contribution in [2.24, 2.45) is 0 Å². The number of hydrogen-bond donors (Lipinski definition) is 1. The van der Waals surface area contributed by atoms with Crippen molar-refractivity contribution < 1.29 is 4.74 Å². The lowest BCUT2D eigenvalue weighted by Crippen LogP contribution is -2.33. The Kier molecular flexibility index (Phi) is 5.01. The molecule has 17 heavy (non-hydrogen) atoms. The molecule has 0 bridgehead atoms. The fourth-order valence-electron chi connectivity index (χ4n) is 2.17. The van der Waals surface area contributed by atoms with E-state index in [-0.39, 0.29) is 0 Å². The molecule has 1 heterocycles. The first-order valence-corrected chi connectivity index (χ1v) is 7.15. The largest absolute Gasteiger partial charge is 0.377 e. The maximum atomic E-state index is 5.72. The second kappa shape index (κ2) is 6.53. The van der Waals surface area contributed by atoms with Gasteiger partial charge in [-0.05, 0) is 43.9 Å². The van der Waals surface area contributed by atoms with E-state index in [1.54, 1.807) is 0 Å². The third kappa shape index (κ3) is 4.09. The van der Waals surface area contributed by atoms with Crippen LogP contribution in [-0.2, 0) is 4.74 Å². The number of ether oxygens (including phenoxy) is 1. The molecule has 3 heteroatoms. The van der Waals surface area contributed by atoms with Crippen molar-refractivity contribution in [1.82, 2.24) is 5.32 Å². The Balaban J connectivity index is 1.82. The van der Waals surface area contributed by atoms with Crippen LogP contribution < -0.4 is 5.32 Å². The van der Waals surface area contributed by atoms with E-state index in [0.717, 1.165) is 17.6 Å². The standard InChI is InChI=1S/C14H20BrNO/c1-11(12-5-4-6-13(15)9-12)16-10-14-7-2-3-8-17-14/h4-6,9,11,14,16H,2-3,7-8,10H2,1H3/t11-,14?/m1/s1. The summed E-state index contributed by atoms with van der Waals surface area (Å²) in [6, 6.07) is 8.83. The molecule has 1 fully saturated rings. The molecule has 1 aliphatic rings. The Morgan fingerprint density at radius 1 is 1.47 bits per heavy atom. The predicted molar refractivity (Wildman–Crippen MR) is 74.2 cm³/mol. The number of nitrogens with one attached hydrogen (secondary N) is 1. The Bertz CT molecular complexity index is 350. The van der Waals surface area contributed by atoms with Crippen LogP contribution >= 0.6 is 15.9 Å². The minimum atomic E-state index is 0.373. The maximum absolute atomic E-state index is 5.72. The molecule has 2 nitrogen and oxygen atoms in total. The molecule has 1 N–H and O–H groups in total. The molecular formula is C14H20BrNO. The summed E-state index contributed by atoms with van der Waals surface area (Å²) in [7, 11) is 0. The Hall–Kier alpha value is -0.380. The number of hydrogen-bond acceptors (Lipinski definition) is 2. The molecule has 0 radical (unpaired) electrons. The van der Waals surface area contributed by atoms with Gasteiger partial charge in [-0.15, -0.1) is 0 Å². The van der Waals surface area contributed by atoms with E-state index in [4.69, 9.17) is 4.74 Å². The molecule has 1 aromatic carbocycles. The second-order valence-electron chi connectivity index (χ2n) is 4.67. The van der Waals surface area contributed by atoms with Crippen molar-refractivity contribution in [3.8, 4) is 0 Å². The monoisotopic (exact) mass is 297 g/mol. The topological polar surface area (TPSA) is 21.3 Å². The second-order valence-corrected chi connectivity index (χ2v) is 5.59. The van der Waals surface area contributed by atoms with Gasteiger partial charge in [0.2, 0.25) is 0 Å². The first-order chi connectivity index (χ1) is 8.25. The number of halogens is 1. The van der Waals surface area contributed by atoms with Gasteiger partial charge in [-0.1, -0.05) is 28.1 Å². The maximum Gasteiger partial charge on any atom is 0.0699 e. The van der Waals surface area contributed by atoms with Crippen LogP contribution in [0, 0.1) is 0 Å². The van der Waals surface area contributed by atoms with Crippen LogP contribution in [0.25, 0.3) is 0 Å². The molecule has 1 aromatic rings. The molecule has 0 spiro atoms. The van der Waals surface area contributed by atoms with Gasteiger partial charge in [0, 0.05) is 23.7 Å². The Morgan fingerprint density at radius 2 is 2.35 bits per heavy atom. The Labute approximate surface area is 112 Å². The van der Waals surface area contributed by atoms with E-state index in [0.29, 0.717) is 12.1 Å². The van der Waals surface area contributed by atoms with Crippen LogP contribution in [0.4, 0.5) is 0 Å². The van der Waals surface area contributed by atoms with E-state index in [9.17, 15) is 0 Å². The van der Waals surface area contributed by atoms with Crippen LogP contribution in [0.3, 0.4) is 0 Å². The summed E-state index contributed by atoms with van der Waals surface area (Å²) in [6.45, 7) is 4.08.